The van der Waals surface area contributed by atoms with E-state index in [9.17, 15) is 4.79 Å². The van der Waals surface area contributed by atoms with Crippen LogP contribution < -0.4 is 11.1 Å². The molecular weight excluding hydrogens is 258 g/mol. The Kier molecular flexibility index (Phi) is 4.93. The van der Waals surface area contributed by atoms with Gasteiger partial charge in [-0.05, 0) is 32.6 Å². The Bertz CT molecular complexity index is 426. The van der Waals surface area contributed by atoms with Crippen molar-refractivity contribution in [2.45, 2.75) is 57.9 Å². The number of amides is 1. The number of aromatic nitrogens is 1. The first-order valence-electron chi connectivity index (χ1n) is 7.08. The molecule has 0 radical (unpaired) electrons. The molecule has 1 aromatic heterocycles. The number of hydrogen-bond donors (Lipinski definition) is 2. The summed E-state index contributed by atoms with van der Waals surface area (Å²) < 4.78 is 0. The van der Waals surface area contributed by atoms with Crippen molar-refractivity contribution < 1.29 is 4.79 Å². The minimum absolute atomic E-state index is 0.0204. The Labute approximate surface area is 118 Å². The van der Waals surface area contributed by atoms with Crippen LogP contribution in [-0.2, 0) is 4.79 Å². The van der Waals surface area contributed by atoms with Gasteiger partial charge in [0.2, 0.25) is 5.91 Å². The van der Waals surface area contributed by atoms with E-state index >= 15 is 0 Å². The van der Waals surface area contributed by atoms with Gasteiger partial charge in [0.05, 0.1) is 5.69 Å². The lowest BCUT2D eigenvalue weighted by atomic mass is 10.0. The third kappa shape index (κ3) is 4.58. The third-order valence-electron chi connectivity index (χ3n) is 3.49. The number of nitrogens with zero attached hydrogens (tertiary/aromatic N) is 1. The average molecular weight is 281 g/mol. The SMILES string of the molecule is CC(N)CCCC(C)C(=O)Nc1nc(C2CC2)cs1. The molecule has 2 unspecified atom stereocenters. The Balaban J connectivity index is 1.75. The van der Waals surface area contributed by atoms with Gasteiger partial charge >= 0.3 is 0 Å². The van der Waals surface area contributed by atoms with Crippen LogP contribution >= 0.6 is 11.3 Å². The zero-order valence-corrected chi connectivity index (χ0v) is 12.5. The summed E-state index contributed by atoms with van der Waals surface area (Å²) in [4.78, 5) is 16.5. The van der Waals surface area contributed by atoms with Gasteiger partial charge in [0.1, 0.15) is 0 Å². The van der Waals surface area contributed by atoms with Crippen molar-refractivity contribution in [1.82, 2.24) is 4.98 Å². The summed E-state index contributed by atoms with van der Waals surface area (Å²) in [5, 5.41) is 5.73. The van der Waals surface area contributed by atoms with E-state index in [0.717, 1.165) is 30.1 Å². The number of thiazole rings is 1. The first-order valence-corrected chi connectivity index (χ1v) is 7.96. The maximum atomic E-state index is 12.0. The molecule has 2 rings (SSSR count). The number of rotatable bonds is 7. The summed E-state index contributed by atoms with van der Waals surface area (Å²) in [6.07, 6.45) is 5.34. The summed E-state index contributed by atoms with van der Waals surface area (Å²) in [5.41, 5.74) is 6.85. The fourth-order valence-corrected chi connectivity index (χ4v) is 2.81. The van der Waals surface area contributed by atoms with Gasteiger partial charge in [-0.1, -0.05) is 13.3 Å². The van der Waals surface area contributed by atoms with Crippen LogP contribution in [0, 0.1) is 5.92 Å². The highest BCUT2D eigenvalue weighted by molar-refractivity contribution is 7.13. The Hall–Kier alpha value is -0.940. The lowest BCUT2D eigenvalue weighted by Crippen LogP contribution is -2.21. The molecule has 0 bridgehead atoms. The molecule has 1 fully saturated rings. The molecule has 1 aliphatic carbocycles. The lowest BCUT2D eigenvalue weighted by Gasteiger charge is -2.11. The maximum absolute atomic E-state index is 12.0. The highest BCUT2D eigenvalue weighted by Crippen LogP contribution is 2.40. The van der Waals surface area contributed by atoms with Crippen LogP contribution in [0.3, 0.4) is 0 Å². The van der Waals surface area contributed by atoms with Crippen LogP contribution in [0.2, 0.25) is 0 Å². The predicted octanol–water partition coefficient (Wildman–Crippen LogP) is 3.11. The van der Waals surface area contributed by atoms with Crippen LogP contribution in [0.1, 0.15) is 57.6 Å². The minimum atomic E-state index is 0.0204. The van der Waals surface area contributed by atoms with Crippen LogP contribution in [0.4, 0.5) is 5.13 Å². The number of hydrogen-bond acceptors (Lipinski definition) is 4. The molecule has 106 valence electrons. The molecule has 1 aromatic rings. The van der Waals surface area contributed by atoms with E-state index in [1.54, 1.807) is 0 Å². The molecule has 1 heterocycles. The normalized spacial score (nSPS) is 18.1. The fraction of sp³-hybridized carbons (Fsp3) is 0.714. The van der Waals surface area contributed by atoms with E-state index in [0.29, 0.717) is 5.92 Å². The van der Waals surface area contributed by atoms with Gasteiger partial charge in [-0.3, -0.25) is 4.79 Å². The van der Waals surface area contributed by atoms with E-state index in [4.69, 9.17) is 5.73 Å². The van der Waals surface area contributed by atoms with Crippen LogP contribution in [0.5, 0.6) is 0 Å². The van der Waals surface area contributed by atoms with Crippen molar-refractivity contribution in [3.63, 3.8) is 0 Å². The van der Waals surface area contributed by atoms with Crippen LogP contribution in [-0.4, -0.2) is 16.9 Å². The van der Waals surface area contributed by atoms with Crippen molar-refractivity contribution in [2.75, 3.05) is 5.32 Å². The molecule has 5 heteroatoms. The smallest absolute Gasteiger partial charge is 0.228 e. The van der Waals surface area contributed by atoms with Crippen molar-refractivity contribution >= 4 is 22.4 Å². The van der Waals surface area contributed by atoms with Crippen LogP contribution in [0.15, 0.2) is 5.38 Å². The van der Waals surface area contributed by atoms with E-state index in [1.807, 2.05) is 13.8 Å². The zero-order chi connectivity index (χ0) is 13.8. The topological polar surface area (TPSA) is 68.0 Å². The van der Waals surface area contributed by atoms with Gasteiger partial charge in [0, 0.05) is 23.3 Å². The Morgan fingerprint density at radius 3 is 2.89 bits per heavy atom. The molecule has 0 aromatic carbocycles. The number of anilines is 1. The van der Waals surface area contributed by atoms with Crippen molar-refractivity contribution in [3.05, 3.63) is 11.1 Å². The average Bonchev–Trinajstić information content (AvgIpc) is 3.10. The maximum Gasteiger partial charge on any atom is 0.228 e. The lowest BCUT2D eigenvalue weighted by molar-refractivity contribution is -0.119. The second kappa shape index (κ2) is 6.48. The zero-order valence-electron chi connectivity index (χ0n) is 11.7. The molecule has 1 saturated carbocycles. The van der Waals surface area contributed by atoms with E-state index in [-0.39, 0.29) is 17.9 Å². The molecule has 4 nitrogen and oxygen atoms in total. The molecule has 0 aliphatic heterocycles. The van der Waals surface area contributed by atoms with Crippen LogP contribution in [0.25, 0.3) is 0 Å². The highest BCUT2D eigenvalue weighted by Gasteiger charge is 2.26. The van der Waals surface area contributed by atoms with Gasteiger partial charge in [-0.25, -0.2) is 4.98 Å². The van der Waals surface area contributed by atoms with Gasteiger partial charge in [0.25, 0.3) is 0 Å². The first kappa shape index (κ1) is 14.5. The number of carbonyl (C=O) groups excluding carboxylic acids is 1. The largest absolute Gasteiger partial charge is 0.328 e. The second-order valence-corrected chi connectivity index (χ2v) is 6.51. The highest BCUT2D eigenvalue weighted by atomic mass is 32.1. The molecule has 0 spiro atoms. The quantitative estimate of drug-likeness (QED) is 0.807. The molecular formula is C14H23N3OS. The Morgan fingerprint density at radius 1 is 1.53 bits per heavy atom. The second-order valence-electron chi connectivity index (χ2n) is 5.65. The van der Waals surface area contributed by atoms with E-state index in [2.05, 4.69) is 15.7 Å². The van der Waals surface area contributed by atoms with Gasteiger partial charge in [-0.2, -0.15) is 0 Å². The summed E-state index contributed by atoms with van der Waals surface area (Å²) in [7, 11) is 0. The molecule has 1 amide bonds. The number of nitrogens with one attached hydrogen (secondary N) is 1. The van der Waals surface area contributed by atoms with Crippen molar-refractivity contribution in [1.29, 1.82) is 0 Å². The van der Waals surface area contributed by atoms with Gasteiger partial charge in [0.15, 0.2) is 5.13 Å². The number of carbonyl (C=O) groups is 1. The fourth-order valence-electron chi connectivity index (χ4n) is 2.02. The summed E-state index contributed by atoms with van der Waals surface area (Å²) in [6.45, 7) is 3.96. The first-order chi connectivity index (χ1) is 9.06. The number of nitrogens with two attached hydrogens (primary N) is 1. The molecule has 19 heavy (non-hydrogen) atoms. The Morgan fingerprint density at radius 2 is 2.26 bits per heavy atom. The third-order valence-corrected chi connectivity index (χ3v) is 4.27. The molecule has 1 aliphatic rings. The van der Waals surface area contributed by atoms with Crippen molar-refractivity contribution in [3.8, 4) is 0 Å². The van der Waals surface area contributed by atoms with Crippen molar-refractivity contribution in [2.24, 2.45) is 11.7 Å². The molecule has 2 atom stereocenters. The van der Waals surface area contributed by atoms with Gasteiger partial charge < -0.3 is 11.1 Å². The standard InChI is InChI=1S/C14H23N3OS/c1-9(4-3-5-10(2)15)13(18)17-14-16-12(8-19-14)11-6-7-11/h8-11H,3-7,15H2,1-2H3,(H,16,17,18). The van der Waals surface area contributed by atoms with E-state index in [1.165, 1.54) is 24.2 Å². The summed E-state index contributed by atoms with van der Waals surface area (Å²) >= 11 is 1.53. The minimum Gasteiger partial charge on any atom is -0.328 e. The van der Waals surface area contributed by atoms with Gasteiger partial charge in [-0.15, -0.1) is 11.3 Å². The molecule has 3 N–H and O–H groups in total. The van der Waals surface area contributed by atoms with E-state index < -0.39 is 0 Å². The summed E-state index contributed by atoms with van der Waals surface area (Å²) in [6, 6.07) is 0.218. The predicted molar refractivity (Wildman–Crippen MR) is 79.4 cm³/mol. The summed E-state index contributed by atoms with van der Waals surface area (Å²) in [5.74, 6) is 0.735. The monoisotopic (exact) mass is 281 g/mol. The molecule has 0 saturated heterocycles.